The molecule has 0 amide bonds. The van der Waals surface area contributed by atoms with E-state index in [1.54, 1.807) is 18.2 Å². The van der Waals surface area contributed by atoms with Crippen LogP contribution in [0.4, 0.5) is 4.39 Å². The van der Waals surface area contributed by atoms with Crippen LogP contribution in [0.5, 0.6) is 5.75 Å². The summed E-state index contributed by atoms with van der Waals surface area (Å²) in [6.45, 7) is 1.46. The molecular weight excluding hydrogens is 189 g/mol. The van der Waals surface area contributed by atoms with Crippen molar-refractivity contribution in [1.82, 2.24) is 4.37 Å². The van der Waals surface area contributed by atoms with E-state index >= 15 is 0 Å². The molecular formula is C9H8FNOS. The molecule has 0 aliphatic rings. The van der Waals surface area contributed by atoms with Gasteiger partial charge in [0.2, 0.25) is 0 Å². The Labute approximate surface area is 78.8 Å². The molecule has 0 saturated heterocycles. The minimum absolute atomic E-state index is 0.189. The molecule has 2 rings (SSSR count). The first-order valence-electron chi connectivity index (χ1n) is 3.91. The lowest BCUT2D eigenvalue weighted by Gasteiger charge is -1.96. The van der Waals surface area contributed by atoms with Crippen molar-refractivity contribution < 1.29 is 9.50 Å². The topological polar surface area (TPSA) is 33.1 Å². The maximum atomic E-state index is 13.0. The van der Waals surface area contributed by atoms with Gasteiger partial charge in [-0.3, -0.25) is 0 Å². The summed E-state index contributed by atoms with van der Waals surface area (Å²) >= 11 is 1.21. The standard InChI is InChI=1S/C9H8FNOS/c1-5(10)9-7-3-2-6(12)4-8(7)13-11-9/h2-5,12H,1H3. The molecule has 0 saturated carbocycles. The summed E-state index contributed by atoms with van der Waals surface area (Å²) in [6, 6.07) is 4.83. The van der Waals surface area contributed by atoms with E-state index < -0.39 is 6.17 Å². The average molecular weight is 197 g/mol. The van der Waals surface area contributed by atoms with Crippen LogP contribution >= 0.6 is 11.5 Å². The van der Waals surface area contributed by atoms with Crippen LogP contribution in [0.2, 0.25) is 0 Å². The molecule has 1 aromatic heterocycles. The maximum Gasteiger partial charge on any atom is 0.141 e. The summed E-state index contributed by atoms with van der Waals surface area (Å²) in [4.78, 5) is 0. The maximum absolute atomic E-state index is 13.0. The van der Waals surface area contributed by atoms with Gasteiger partial charge < -0.3 is 5.11 Å². The van der Waals surface area contributed by atoms with Gasteiger partial charge in [0, 0.05) is 5.39 Å². The molecule has 0 bridgehead atoms. The van der Waals surface area contributed by atoms with Crippen molar-refractivity contribution in [2.45, 2.75) is 13.1 Å². The zero-order valence-corrected chi connectivity index (χ0v) is 7.81. The van der Waals surface area contributed by atoms with Crippen molar-refractivity contribution in [2.75, 3.05) is 0 Å². The van der Waals surface area contributed by atoms with Crippen molar-refractivity contribution in [1.29, 1.82) is 0 Å². The Balaban J connectivity index is 2.69. The third kappa shape index (κ3) is 1.37. The summed E-state index contributed by atoms with van der Waals surface area (Å²) in [6.07, 6.45) is -1.06. The molecule has 0 spiro atoms. The predicted octanol–water partition coefficient (Wildman–Crippen LogP) is 3.03. The first-order chi connectivity index (χ1) is 6.18. The number of fused-ring (bicyclic) bond motifs is 1. The van der Waals surface area contributed by atoms with Crippen molar-refractivity contribution in [2.24, 2.45) is 0 Å². The highest BCUT2D eigenvalue weighted by Gasteiger charge is 2.12. The van der Waals surface area contributed by atoms with Crippen LogP contribution in [0, 0.1) is 0 Å². The fourth-order valence-corrected chi connectivity index (χ4v) is 2.12. The van der Waals surface area contributed by atoms with Crippen LogP contribution in [0.15, 0.2) is 18.2 Å². The molecule has 68 valence electrons. The Morgan fingerprint density at radius 3 is 3.00 bits per heavy atom. The van der Waals surface area contributed by atoms with Crippen LogP contribution in [0.3, 0.4) is 0 Å². The molecule has 1 unspecified atom stereocenters. The van der Waals surface area contributed by atoms with Gasteiger partial charge in [0.1, 0.15) is 11.9 Å². The zero-order chi connectivity index (χ0) is 9.42. The molecule has 1 aromatic carbocycles. The second kappa shape index (κ2) is 2.96. The van der Waals surface area contributed by atoms with Gasteiger partial charge in [-0.2, -0.15) is 4.37 Å². The fourth-order valence-electron chi connectivity index (χ4n) is 1.23. The van der Waals surface area contributed by atoms with E-state index in [0.717, 1.165) is 10.1 Å². The molecule has 1 atom stereocenters. The second-order valence-electron chi connectivity index (χ2n) is 2.86. The second-order valence-corrected chi connectivity index (χ2v) is 3.67. The molecule has 1 heterocycles. The number of rotatable bonds is 1. The van der Waals surface area contributed by atoms with Crippen LogP contribution in [0.25, 0.3) is 10.1 Å². The van der Waals surface area contributed by atoms with Crippen LogP contribution in [-0.4, -0.2) is 9.48 Å². The van der Waals surface area contributed by atoms with E-state index in [0.29, 0.717) is 5.69 Å². The van der Waals surface area contributed by atoms with Crippen LogP contribution in [-0.2, 0) is 0 Å². The predicted molar refractivity (Wildman–Crippen MR) is 50.8 cm³/mol. The number of benzene rings is 1. The molecule has 13 heavy (non-hydrogen) atoms. The number of alkyl halides is 1. The van der Waals surface area contributed by atoms with Gasteiger partial charge in [-0.25, -0.2) is 4.39 Å². The van der Waals surface area contributed by atoms with Gasteiger partial charge in [-0.1, -0.05) is 0 Å². The Morgan fingerprint density at radius 1 is 1.54 bits per heavy atom. The molecule has 0 aliphatic heterocycles. The number of phenols is 1. The largest absolute Gasteiger partial charge is 0.508 e. The molecule has 1 N–H and O–H groups in total. The van der Waals surface area contributed by atoms with Gasteiger partial charge >= 0.3 is 0 Å². The van der Waals surface area contributed by atoms with Gasteiger partial charge in [0.05, 0.1) is 10.4 Å². The summed E-state index contributed by atoms with van der Waals surface area (Å²) in [7, 11) is 0. The van der Waals surface area contributed by atoms with Crippen molar-refractivity contribution in [3.8, 4) is 5.75 Å². The third-order valence-electron chi connectivity index (χ3n) is 1.86. The first kappa shape index (κ1) is 8.44. The number of phenolic OH excluding ortho intramolecular Hbond substituents is 1. The van der Waals surface area contributed by atoms with E-state index in [9.17, 15) is 4.39 Å². The van der Waals surface area contributed by atoms with Gasteiger partial charge in [0.25, 0.3) is 0 Å². The molecule has 0 fully saturated rings. The molecule has 2 aromatic rings. The minimum Gasteiger partial charge on any atom is -0.508 e. The molecule has 4 heteroatoms. The van der Waals surface area contributed by atoms with E-state index in [1.807, 2.05) is 0 Å². The van der Waals surface area contributed by atoms with Gasteiger partial charge in [-0.15, -0.1) is 0 Å². The first-order valence-corrected chi connectivity index (χ1v) is 4.68. The van der Waals surface area contributed by atoms with Gasteiger partial charge in [-0.05, 0) is 36.7 Å². The number of hydrogen-bond acceptors (Lipinski definition) is 3. The summed E-state index contributed by atoms with van der Waals surface area (Å²) < 4.78 is 17.8. The number of halogens is 1. The molecule has 0 aliphatic carbocycles. The normalized spacial score (nSPS) is 13.4. The Morgan fingerprint density at radius 2 is 2.31 bits per heavy atom. The van der Waals surface area contributed by atoms with E-state index in [4.69, 9.17) is 5.11 Å². The number of hydrogen-bond donors (Lipinski definition) is 1. The SMILES string of the molecule is CC(F)c1nsc2cc(O)ccc12. The fraction of sp³-hybridized carbons (Fsp3) is 0.222. The average Bonchev–Trinajstić information content (AvgIpc) is 2.46. The smallest absolute Gasteiger partial charge is 0.141 e. The highest BCUT2D eigenvalue weighted by molar-refractivity contribution is 7.13. The summed E-state index contributed by atoms with van der Waals surface area (Å²) in [5.41, 5.74) is 0.458. The Hall–Kier alpha value is -1.16. The summed E-state index contributed by atoms with van der Waals surface area (Å²) in [5.74, 6) is 0.189. The van der Waals surface area contributed by atoms with E-state index in [2.05, 4.69) is 4.37 Å². The molecule has 2 nitrogen and oxygen atoms in total. The highest BCUT2D eigenvalue weighted by atomic mass is 32.1. The van der Waals surface area contributed by atoms with Crippen molar-refractivity contribution in [3.63, 3.8) is 0 Å². The number of nitrogens with zero attached hydrogens (tertiary/aromatic N) is 1. The Kier molecular flexibility index (Phi) is 1.92. The minimum atomic E-state index is -1.06. The van der Waals surface area contributed by atoms with Gasteiger partial charge in [0.15, 0.2) is 0 Å². The van der Waals surface area contributed by atoms with E-state index in [1.165, 1.54) is 18.5 Å². The van der Waals surface area contributed by atoms with Crippen molar-refractivity contribution >= 4 is 21.6 Å². The van der Waals surface area contributed by atoms with E-state index in [-0.39, 0.29) is 5.75 Å². The quantitative estimate of drug-likeness (QED) is 0.762. The Bertz CT molecular complexity index is 438. The van der Waals surface area contributed by atoms with Crippen molar-refractivity contribution in [3.05, 3.63) is 23.9 Å². The summed E-state index contributed by atoms with van der Waals surface area (Å²) in [5, 5.41) is 9.95. The molecule has 0 radical (unpaired) electrons. The number of aromatic nitrogens is 1. The third-order valence-corrected chi connectivity index (χ3v) is 2.68. The lowest BCUT2D eigenvalue weighted by Crippen LogP contribution is -1.84. The number of aromatic hydroxyl groups is 1. The lowest BCUT2D eigenvalue weighted by atomic mass is 10.2. The highest BCUT2D eigenvalue weighted by Crippen LogP contribution is 2.30. The lowest BCUT2D eigenvalue weighted by molar-refractivity contribution is 0.370. The monoisotopic (exact) mass is 197 g/mol. The van der Waals surface area contributed by atoms with Crippen LogP contribution < -0.4 is 0 Å². The zero-order valence-electron chi connectivity index (χ0n) is 6.99. The van der Waals surface area contributed by atoms with Crippen LogP contribution in [0.1, 0.15) is 18.8 Å².